The van der Waals surface area contributed by atoms with Gasteiger partial charge in [0.25, 0.3) is 0 Å². The van der Waals surface area contributed by atoms with Crippen LogP contribution in [0.4, 0.5) is 0 Å². The molecule has 0 aliphatic heterocycles. The fourth-order valence-electron chi connectivity index (χ4n) is 5.09. The van der Waals surface area contributed by atoms with E-state index in [9.17, 15) is 19.0 Å². The predicted octanol–water partition coefficient (Wildman–Crippen LogP) is 11.8. The normalized spacial score (nSPS) is 14.0. The van der Waals surface area contributed by atoms with Crippen LogP contribution in [0, 0.1) is 0 Å². The Bertz CT molecular complexity index is 943. The minimum Gasteiger partial charge on any atom is -0.462 e. The first kappa shape index (κ1) is 47.0. The van der Waals surface area contributed by atoms with Crippen LogP contribution in [0.5, 0.6) is 0 Å². The molecule has 1 N–H and O–H groups in total. The van der Waals surface area contributed by atoms with E-state index in [1.165, 1.54) is 70.6 Å². The van der Waals surface area contributed by atoms with Gasteiger partial charge in [-0.2, -0.15) is 0 Å². The lowest BCUT2D eigenvalue weighted by Gasteiger charge is -2.19. The summed E-state index contributed by atoms with van der Waals surface area (Å²) < 4.78 is 32.5. The molecular formula is C40H71O8P. The summed E-state index contributed by atoms with van der Waals surface area (Å²) in [5, 5.41) is 0. The van der Waals surface area contributed by atoms with E-state index in [-0.39, 0.29) is 32.0 Å². The van der Waals surface area contributed by atoms with E-state index in [1.807, 2.05) is 0 Å². The van der Waals surface area contributed by atoms with E-state index in [1.54, 1.807) is 6.92 Å². The molecule has 0 heterocycles. The average Bonchev–Trinajstić information content (AvgIpc) is 3.07. The lowest BCUT2D eigenvalue weighted by molar-refractivity contribution is -0.161. The minimum absolute atomic E-state index is 0.00825. The lowest BCUT2D eigenvalue weighted by atomic mass is 10.0. The number of allylic oxidation sites excluding steroid dienone is 8. The van der Waals surface area contributed by atoms with E-state index in [0.717, 1.165) is 57.8 Å². The number of phosphoric ester groups is 1. The number of carbonyl (C=O) groups is 2. The Labute approximate surface area is 299 Å². The van der Waals surface area contributed by atoms with Gasteiger partial charge in [0.15, 0.2) is 6.10 Å². The van der Waals surface area contributed by atoms with Gasteiger partial charge in [-0.25, -0.2) is 4.57 Å². The van der Waals surface area contributed by atoms with Crippen LogP contribution in [0.25, 0.3) is 0 Å². The van der Waals surface area contributed by atoms with E-state index < -0.39 is 26.5 Å². The van der Waals surface area contributed by atoms with Crippen LogP contribution in [0.15, 0.2) is 48.6 Å². The Morgan fingerprint density at radius 2 is 1.04 bits per heavy atom. The molecule has 0 aromatic heterocycles. The highest BCUT2D eigenvalue weighted by Gasteiger charge is 2.25. The van der Waals surface area contributed by atoms with E-state index in [2.05, 4.69) is 62.5 Å². The Balaban J connectivity index is 4.21. The molecule has 284 valence electrons. The second kappa shape index (κ2) is 35.8. The molecule has 0 rings (SSSR count). The van der Waals surface area contributed by atoms with Crippen LogP contribution in [-0.4, -0.2) is 42.8 Å². The van der Waals surface area contributed by atoms with Crippen molar-refractivity contribution in [2.24, 2.45) is 0 Å². The number of hydrogen-bond acceptors (Lipinski definition) is 7. The number of unbranched alkanes of at least 4 members (excludes halogenated alkanes) is 15. The molecule has 0 amide bonds. The number of hydrogen-bond donors (Lipinski definition) is 1. The van der Waals surface area contributed by atoms with Crippen molar-refractivity contribution in [1.29, 1.82) is 0 Å². The molecule has 0 spiro atoms. The van der Waals surface area contributed by atoms with Gasteiger partial charge in [0.1, 0.15) is 6.61 Å². The maximum atomic E-state index is 12.5. The molecule has 0 aromatic rings. The summed E-state index contributed by atoms with van der Waals surface area (Å²) in [6.07, 6.45) is 40.2. The molecule has 0 bridgehead atoms. The molecule has 0 fully saturated rings. The number of phosphoric acid groups is 1. The van der Waals surface area contributed by atoms with Crippen molar-refractivity contribution < 1.29 is 37.6 Å². The van der Waals surface area contributed by atoms with Crippen molar-refractivity contribution in [3.63, 3.8) is 0 Å². The first-order valence-electron chi connectivity index (χ1n) is 19.4. The first-order valence-corrected chi connectivity index (χ1v) is 20.9. The molecule has 8 nitrogen and oxygen atoms in total. The van der Waals surface area contributed by atoms with Gasteiger partial charge in [0, 0.05) is 12.8 Å². The summed E-state index contributed by atoms with van der Waals surface area (Å²) in [7, 11) is -4.29. The van der Waals surface area contributed by atoms with Gasteiger partial charge in [-0.1, -0.05) is 146 Å². The number of esters is 2. The summed E-state index contributed by atoms with van der Waals surface area (Å²) in [6.45, 7) is 5.30. The molecule has 9 heteroatoms. The molecule has 49 heavy (non-hydrogen) atoms. The smallest absolute Gasteiger partial charge is 0.462 e. The monoisotopic (exact) mass is 710 g/mol. The third kappa shape index (κ3) is 35.6. The van der Waals surface area contributed by atoms with E-state index in [4.69, 9.17) is 18.5 Å². The highest BCUT2D eigenvalue weighted by Crippen LogP contribution is 2.43. The highest BCUT2D eigenvalue weighted by atomic mass is 31.2. The third-order valence-electron chi connectivity index (χ3n) is 7.90. The fourth-order valence-corrected chi connectivity index (χ4v) is 5.85. The molecule has 0 aromatic carbocycles. The van der Waals surface area contributed by atoms with E-state index >= 15 is 0 Å². The van der Waals surface area contributed by atoms with Crippen LogP contribution in [0.1, 0.15) is 168 Å². The van der Waals surface area contributed by atoms with Gasteiger partial charge >= 0.3 is 19.8 Å². The highest BCUT2D eigenvalue weighted by molar-refractivity contribution is 7.47. The third-order valence-corrected chi connectivity index (χ3v) is 8.96. The zero-order valence-electron chi connectivity index (χ0n) is 31.3. The Kier molecular flexibility index (Phi) is 34.4. The molecule has 0 saturated carbocycles. The van der Waals surface area contributed by atoms with Gasteiger partial charge in [-0.3, -0.25) is 18.6 Å². The lowest BCUT2D eigenvalue weighted by Crippen LogP contribution is -2.29. The van der Waals surface area contributed by atoms with Gasteiger partial charge in [0.2, 0.25) is 0 Å². The molecule has 2 atom stereocenters. The van der Waals surface area contributed by atoms with Crippen LogP contribution in [0.3, 0.4) is 0 Å². The van der Waals surface area contributed by atoms with Gasteiger partial charge in [-0.15, -0.1) is 0 Å². The largest absolute Gasteiger partial charge is 0.472 e. The maximum absolute atomic E-state index is 12.5. The second-order valence-corrected chi connectivity index (χ2v) is 14.0. The van der Waals surface area contributed by atoms with Crippen molar-refractivity contribution in [2.75, 3.05) is 19.8 Å². The molecule has 0 aliphatic carbocycles. The summed E-state index contributed by atoms with van der Waals surface area (Å²) in [5.74, 6) is -0.846. The van der Waals surface area contributed by atoms with Crippen molar-refractivity contribution in [3.05, 3.63) is 48.6 Å². The number of carbonyl (C=O) groups excluding carboxylic acids is 2. The SMILES string of the molecule is CC/C=C\C/C=C\C/C=C\C/C=C\CCCCC(=O)OC(COC(=O)CCCCCCCCCCCCCCCC)COP(=O)(O)OCC. The first-order chi connectivity index (χ1) is 23.8. The molecule has 0 saturated heterocycles. The molecule has 0 radical (unpaired) electrons. The van der Waals surface area contributed by atoms with Crippen molar-refractivity contribution in [1.82, 2.24) is 0 Å². The molecule has 2 unspecified atom stereocenters. The Hall–Kier alpha value is -1.99. The van der Waals surface area contributed by atoms with Crippen molar-refractivity contribution in [3.8, 4) is 0 Å². The second-order valence-electron chi connectivity index (χ2n) is 12.6. The van der Waals surface area contributed by atoms with Crippen molar-refractivity contribution >= 4 is 19.8 Å². The number of ether oxygens (including phenoxy) is 2. The number of rotatable bonds is 35. The summed E-state index contributed by atoms with van der Waals surface area (Å²) >= 11 is 0. The maximum Gasteiger partial charge on any atom is 0.472 e. The Morgan fingerprint density at radius 1 is 0.571 bits per heavy atom. The summed E-state index contributed by atoms with van der Waals surface area (Å²) in [4.78, 5) is 34.6. The zero-order chi connectivity index (χ0) is 36.1. The van der Waals surface area contributed by atoms with Crippen molar-refractivity contribution in [2.45, 2.75) is 175 Å². The Morgan fingerprint density at radius 3 is 1.57 bits per heavy atom. The van der Waals surface area contributed by atoms with E-state index in [0.29, 0.717) is 6.42 Å². The summed E-state index contributed by atoms with van der Waals surface area (Å²) in [5.41, 5.74) is 0. The van der Waals surface area contributed by atoms with Crippen LogP contribution in [0.2, 0.25) is 0 Å². The van der Waals surface area contributed by atoms with Gasteiger partial charge < -0.3 is 14.4 Å². The average molecular weight is 711 g/mol. The fraction of sp³-hybridized carbons (Fsp3) is 0.750. The van der Waals surface area contributed by atoms with Gasteiger partial charge in [0.05, 0.1) is 13.2 Å². The topological polar surface area (TPSA) is 108 Å². The summed E-state index contributed by atoms with van der Waals surface area (Å²) in [6, 6.07) is 0. The zero-order valence-corrected chi connectivity index (χ0v) is 32.2. The standard InChI is InChI=1S/C40H71O8P/c1-4-7-9-11-13-15-17-19-21-23-25-27-29-31-33-35-40(42)48-38(37-47-49(43,44)46-6-3)36-45-39(41)34-32-30-28-26-24-22-20-18-16-14-12-10-8-5-2/h7,9,13,15,19,21,25,27,38H,4-6,8,10-12,14,16-18,20,22-24,26,28-37H2,1-3H3,(H,43,44)/b9-7-,15-13-,21-19-,27-25-. The van der Waals surface area contributed by atoms with Crippen LogP contribution in [-0.2, 0) is 32.7 Å². The molecule has 0 aliphatic rings. The predicted molar refractivity (Wildman–Crippen MR) is 202 cm³/mol. The quantitative estimate of drug-likeness (QED) is 0.0300. The van der Waals surface area contributed by atoms with Crippen LogP contribution >= 0.6 is 7.82 Å². The minimum atomic E-state index is -4.29. The molecular weight excluding hydrogens is 639 g/mol. The van der Waals surface area contributed by atoms with Crippen LogP contribution < -0.4 is 0 Å². The van der Waals surface area contributed by atoms with Gasteiger partial charge in [-0.05, 0) is 58.3 Å².